The van der Waals surface area contributed by atoms with E-state index in [1.807, 2.05) is 54.6 Å². The van der Waals surface area contributed by atoms with Gasteiger partial charge in [-0.15, -0.1) is 0 Å². The predicted octanol–water partition coefficient (Wildman–Crippen LogP) is 3.73. The van der Waals surface area contributed by atoms with Crippen LogP contribution < -0.4 is 10.1 Å². The molecule has 2 aromatic carbocycles. The number of carbonyl (C=O) groups is 1. The molecule has 3 rings (SSSR count). The SMILES string of the molecule is CN1CCC(CCNC(=O)c2ccc(OCc3ccccc3)cc2)CC1. The third-order valence-corrected chi connectivity index (χ3v) is 5.04. The molecule has 0 radical (unpaired) electrons. The van der Waals surface area contributed by atoms with Crippen molar-refractivity contribution in [2.75, 3.05) is 26.7 Å². The van der Waals surface area contributed by atoms with Crippen molar-refractivity contribution in [2.45, 2.75) is 25.9 Å². The zero-order valence-corrected chi connectivity index (χ0v) is 15.5. The Kier molecular flexibility index (Phi) is 6.67. The van der Waals surface area contributed by atoms with Crippen LogP contribution in [-0.4, -0.2) is 37.5 Å². The van der Waals surface area contributed by atoms with Crippen LogP contribution in [0.2, 0.25) is 0 Å². The Morgan fingerprint density at radius 2 is 1.77 bits per heavy atom. The molecule has 2 aromatic rings. The summed E-state index contributed by atoms with van der Waals surface area (Å²) in [7, 11) is 2.17. The molecular weight excluding hydrogens is 324 g/mol. The molecule has 138 valence electrons. The molecule has 0 aromatic heterocycles. The normalized spacial score (nSPS) is 15.6. The van der Waals surface area contributed by atoms with Crippen LogP contribution in [0.15, 0.2) is 54.6 Å². The lowest BCUT2D eigenvalue weighted by Crippen LogP contribution is -2.32. The smallest absolute Gasteiger partial charge is 0.251 e. The van der Waals surface area contributed by atoms with Gasteiger partial charge in [-0.2, -0.15) is 0 Å². The van der Waals surface area contributed by atoms with E-state index in [-0.39, 0.29) is 5.91 Å². The molecular formula is C22H28N2O2. The van der Waals surface area contributed by atoms with Gasteiger partial charge in [0.25, 0.3) is 5.91 Å². The molecule has 4 heteroatoms. The molecule has 0 atom stereocenters. The number of hydrogen-bond donors (Lipinski definition) is 1. The Balaban J connectivity index is 1.40. The van der Waals surface area contributed by atoms with Gasteiger partial charge >= 0.3 is 0 Å². The van der Waals surface area contributed by atoms with Crippen molar-refractivity contribution in [3.05, 3.63) is 65.7 Å². The molecule has 0 unspecified atom stereocenters. The van der Waals surface area contributed by atoms with E-state index in [1.54, 1.807) is 0 Å². The predicted molar refractivity (Wildman–Crippen MR) is 104 cm³/mol. The average Bonchev–Trinajstić information content (AvgIpc) is 2.69. The summed E-state index contributed by atoms with van der Waals surface area (Å²) in [6.07, 6.45) is 3.54. The van der Waals surface area contributed by atoms with Gasteiger partial charge in [0.1, 0.15) is 12.4 Å². The zero-order chi connectivity index (χ0) is 18.2. The molecule has 4 nitrogen and oxygen atoms in total. The number of rotatable bonds is 7. The third kappa shape index (κ3) is 5.60. The van der Waals surface area contributed by atoms with E-state index in [9.17, 15) is 4.79 Å². The summed E-state index contributed by atoms with van der Waals surface area (Å²) in [5.41, 5.74) is 1.81. The second kappa shape index (κ2) is 9.39. The molecule has 26 heavy (non-hydrogen) atoms. The Morgan fingerprint density at radius 1 is 1.08 bits per heavy atom. The summed E-state index contributed by atoms with van der Waals surface area (Å²) in [5, 5.41) is 3.04. The molecule has 0 bridgehead atoms. The molecule has 0 spiro atoms. The van der Waals surface area contributed by atoms with E-state index in [1.165, 1.54) is 25.9 Å². The molecule has 1 heterocycles. The molecule has 1 amide bonds. The van der Waals surface area contributed by atoms with Crippen molar-refractivity contribution in [1.82, 2.24) is 10.2 Å². The maximum absolute atomic E-state index is 12.3. The second-order valence-corrected chi connectivity index (χ2v) is 7.09. The topological polar surface area (TPSA) is 41.6 Å². The molecule has 0 saturated carbocycles. The van der Waals surface area contributed by atoms with Crippen molar-refractivity contribution in [2.24, 2.45) is 5.92 Å². The Morgan fingerprint density at radius 3 is 2.46 bits per heavy atom. The van der Waals surface area contributed by atoms with Crippen molar-refractivity contribution in [3.63, 3.8) is 0 Å². The fourth-order valence-corrected chi connectivity index (χ4v) is 3.29. The number of hydrogen-bond acceptors (Lipinski definition) is 3. The number of amides is 1. The third-order valence-electron chi connectivity index (χ3n) is 5.04. The fraction of sp³-hybridized carbons (Fsp3) is 0.409. The maximum atomic E-state index is 12.3. The van der Waals surface area contributed by atoms with Crippen LogP contribution in [0, 0.1) is 5.92 Å². The first-order valence-corrected chi connectivity index (χ1v) is 9.44. The number of nitrogens with one attached hydrogen (secondary N) is 1. The van der Waals surface area contributed by atoms with E-state index >= 15 is 0 Å². The van der Waals surface area contributed by atoms with Gasteiger partial charge in [-0.25, -0.2) is 0 Å². The monoisotopic (exact) mass is 352 g/mol. The van der Waals surface area contributed by atoms with Crippen LogP contribution in [-0.2, 0) is 6.61 Å². The van der Waals surface area contributed by atoms with Crippen molar-refractivity contribution in [3.8, 4) is 5.75 Å². The lowest BCUT2D eigenvalue weighted by atomic mass is 9.94. The molecule has 1 N–H and O–H groups in total. The van der Waals surface area contributed by atoms with Crippen LogP contribution in [0.4, 0.5) is 0 Å². The Bertz CT molecular complexity index is 677. The van der Waals surface area contributed by atoms with Gasteiger partial charge in [-0.05, 0) is 75.1 Å². The lowest BCUT2D eigenvalue weighted by molar-refractivity contribution is 0.0949. The van der Waals surface area contributed by atoms with E-state index in [4.69, 9.17) is 4.74 Å². The summed E-state index contributed by atoms with van der Waals surface area (Å²) >= 11 is 0. The molecule has 1 aliphatic rings. The van der Waals surface area contributed by atoms with Gasteiger partial charge < -0.3 is 15.0 Å². The number of ether oxygens (including phenoxy) is 1. The first-order chi connectivity index (χ1) is 12.7. The Labute approximate surface area is 156 Å². The van der Waals surface area contributed by atoms with Gasteiger partial charge in [-0.1, -0.05) is 30.3 Å². The molecule has 1 aliphatic heterocycles. The highest BCUT2D eigenvalue weighted by molar-refractivity contribution is 5.94. The number of nitrogens with zero attached hydrogens (tertiary/aromatic N) is 1. The van der Waals surface area contributed by atoms with Crippen molar-refractivity contribution in [1.29, 1.82) is 0 Å². The summed E-state index contributed by atoms with van der Waals surface area (Å²) in [6, 6.07) is 17.4. The van der Waals surface area contributed by atoms with Gasteiger partial charge in [0.05, 0.1) is 0 Å². The molecule has 0 aliphatic carbocycles. The number of benzene rings is 2. The first kappa shape index (κ1) is 18.5. The number of carbonyl (C=O) groups excluding carboxylic acids is 1. The molecule has 1 saturated heterocycles. The van der Waals surface area contributed by atoms with E-state index in [0.29, 0.717) is 12.2 Å². The van der Waals surface area contributed by atoms with Crippen LogP contribution in [0.3, 0.4) is 0 Å². The summed E-state index contributed by atoms with van der Waals surface area (Å²) in [5.74, 6) is 1.50. The summed E-state index contributed by atoms with van der Waals surface area (Å²) < 4.78 is 5.76. The minimum atomic E-state index is -0.00691. The summed E-state index contributed by atoms with van der Waals surface area (Å²) in [6.45, 7) is 3.62. The summed E-state index contributed by atoms with van der Waals surface area (Å²) in [4.78, 5) is 14.6. The Hall–Kier alpha value is -2.33. The van der Waals surface area contributed by atoms with Crippen LogP contribution >= 0.6 is 0 Å². The number of likely N-dealkylation sites (tertiary alicyclic amines) is 1. The minimum absolute atomic E-state index is 0.00691. The van der Waals surface area contributed by atoms with Crippen molar-refractivity contribution >= 4 is 5.91 Å². The van der Waals surface area contributed by atoms with Gasteiger partial charge in [-0.3, -0.25) is 4.79 Å². The van der Waals surface area contributed by atoms with Gasteiger partial charge in [0.2, 0.25) is 0 Å². The van der Waals surface area contributed by atoms with Crippen LogP contribution in [0.1, 0.15) is 35.2 Å². The largest absolute Gasteiger partial charge is 0.489 e. The zero-order valence-electron chi connectivity index (χ0n) is 15.5. The van der Waals surface area contributed by atoms with E-state index < -0.39 is 0 Å². The fourth-order valence-electron chi connectivity index (χ4n) is 3.29. The average molecular weight is 352 g/mol. The lowest BCUT2D eigenvalue weighted by Gasteiger charge is -2.28. The highest BCUT2D eigenvalue weighted by atomic mass is 16.5. The maximum Gasteiger partial charge on any atom is 0.251 e. The quantitative estimate of drug-likeness (QED) is 0.826. The number of piperidine rings is 1. The van der Waals surface area contributed by atoms with Crippen molar-refractivity contribution < 1.29 is 9.53 Å². The second-order valence-electron chi connectivity index (χ2n) is 7.09. The first-order valence-electron chi connectivity index (χ1n) is 9.44. The van der Waals surface area contributed by atoms with Gasteiger partial charge in [0, 0.05) is 12.1 Å². The minimum Gasteiger partial charge on any atom is -0.489 e. The highest BCUT2D eigenvalue weighted by Crippen LogP contribution is 2.19. The van der Waals surface area contributed by atoms with E-state index in [0.717, 1.165) is 30.2 Å². The van der Waals surface area contributed by atoms with Crippen LogP contribution in [0.25, 0.3) is 0 Å². The highest BCUT2D eigenvalue weighted by Gasteiger charge is 2.16. The van der Waals surface area contributed by atoms with E-state index in [2.05, 4.69) is 17.3 Å². The standard InChI is InChI=1S/C22H28N2O2/c1-24-15-12-18(13-16-24)11-14-23-22(25)20-7-9-21(10-8-20)26-17-19-5-3-2-4-6-19/h2-10,18H,11-17H2,1H3,(H,23,25). The molecule has 1 fully saturated rings. The van der Waals surface area contributed by atoms with Gasteiger partial charge in [0.15, 0.2) is 0 Å². The van der Waals surface area contributed by atoms with Crippen LogP contribution in [0.5, 0.6) is 5.75 Å².